The molecule has 4 amide bonds. The van der Waals surface area contributed by atoms with Crippen molar-refractivity contribution in [2.75, 3.05) is 50.7 Å². The number of amides is 4. The molecule has 0 atom stereocenters. The summed E-state index contributed by atoms with van der Waals surface area (Å²) in [4.78, 5) is 51.3. The van der Waals surface area contributed by atoms with Gasteiger partial charge in [-0.3, -0.25) is 24.7 Å². The largest absolute Gasteiger partial charge is 0.490 e. The molecule has 3 fully saturated rings. The second kappa shape index (κ2) is 11.9. The van der Waals surface area contributed by atoms with Crippen LogP contribution < -0.4 is 15.5 Å². The molecule has 0 bridgehead atoms. The van der Waals surface area contributed by atoms with Gasteiger partial charge in [-0.05, 0) is 31.0 Å². The molecule has 3 aliphatic rings. The standard InChI is InChI=1S/C20H26ClN5O3.C2HF3O2/c21-16-2-1-14(13-17(16)26-10-5-18(27)23-20(26)29)19(28)25-8-3-15(4-9-25)24-11-6-22-7-12-24;3-2(4,5)1(6)7/h1-2,13,15,22H,3-12H2,(H,23,27,29);(H,6,7). The van der Waals surface area contributed by atoms with Gasteiger partial charge in [0.05, 0.1) is 10.7 Å². The number of halogens is 4. The van der Waals surface area contributed by atoms with Gasteiger partial charge in [0.15, 0.2) is 0 Å². The zero-order valence-corrected chi connectivity index (χ0v) is 20.1. The van der Waals surface area contributed by atoms with Gasteiger partial charge in [-0.1, -0.05) is 11.6 Å². The highest BCUT2D eigenvalue weighted by molar-refractivity contribution is 6.34. The van der Waals surface area contributed by atoms with E-state index in [1.54, 1.807) is 18.2 Å². The summed E-state index contributed by atoms with van der Waals surface area (Å²) in [6.07, 6.45) is -2.93. The molecule has 0 radical (unpaired) electrons. The molecular weight excluding hydrogens is 507 g/mol. The molecule has 3 N–H and O–H groups in total. The minimum absolute atomic E-state index is 0.0461. The van der Waals surface area contributed by atoms with E-state index >= 15 is 0 Å². The number of rotatable bonds is 3. The number of carbonyl (C=O) groups excluding carboxylic acids is 3. The Morgan fingerprint density at radius 1 is 1.03 bits per heavy atom. The van der Waals surface area contributed by atoms with Crippen molar-refractivity contribution in [2.45, 2.75) is 31.5 Å². The van der Waals surface area contributed by atoms with Gasteiger partial charge < -0.3 is 15.3 Å². The third-order valence-electron chi connectivity index (χ3n) is 6.20. The number of nitrogens with zero attached hydrogens (tertiary/aromatic N) is 3. The number of piperidine rings is 1. The second-order valence-corrected chi connectivity index (χ2v) is 8.94. The number of likely N-dealkylation sites (tertiary alicyclic amines) is 1. The molecule has 10 nitrogen and oxygen atoms in total. The van der Waals surface area contributed by atoms with Crippen molar-refractivity contribution in [3.05, 3.63) is 28.8 Å². The molecule has 198 valence electrons. The van der Waals surface area contributed by atoms with E-state index < -0.39 is 18.2 Å². The molecule has 3 saturated heterocycles. The molecule has 0 unspecified atom stereocenters. The van der Waals surface area contributed by atoms with Gasteiger partial charge in [0.2, 0.25) is 5.91 Å². The maximum absolute atomic E-state index is 13.0. The zero-order chi connectivity index (χ0) is 26.5. The highest BCUT2D eigenvalue weighted by Crippen LogP contribution is 2.29. The number of aliphatic carboxylic acids is 1. The molecular formula is C22H27ClF3N5O5. The van der Waals surface area contributed by atoms with Crippen molar-refractivity contribution in [1.29, 1.82) is 0 Å². The van der Waals surface area contributed by atoms with Gasteiger partial charge in [0.1, 0.15) is 0 Å². The van der Waals surface area contributed by atoms with Crippen molar-refractivity contribution < 1.29 is 37.5 Å². The van der Waals surface area contributed by atoms with E-state index in [-0.39, 0.29) is 24.8 Å². The first kappa shape index (κ1) is 27.7. The Kier molecular flexibility index (Phi) is 9.14. The van der Waals surface area contributed by atoms with Crippen LogP contribution in [0.3, 0.4) is 0 Å². The van der Waals surface area contributed by atoms with Crippen LogP contribution in [0.5, 0.6) is 0 Å². The average molecular weight is 534 g/mol. The molecule has 0 saturated carbocycles. The lowest BCUT2D eigenvalue weighted by molar-refractivity contribution is -0.192. The molecule has 36 heavy (non-hydrogen) atoms. The Balaban J connectivity index is 0.000000454. The van der Waals surface area contributed by atoms with Crippen LogP contribution in [0, 0.1) is 0 Å². The number of urea groups is 1. The van der Waals surface area contributed by atoms with Crippen molar-refractivity contribution in [3.63, 3.8) is 0 Å². The van der Waals surface area contributed by atoms with Crippen LogP contribution in [-0.4, -0.2) is 96.8 Å². The van der Waals surface area contributed by atoms with E-state index in [1.807, 2.05) is 4.90 Å². The summed E-state index contributed by atoms with van der Waals surface area (Å²) in [5, 5.41) is 13.2. The van der Waals surface area contributed by atoms with Gasteiger partial charge in [0.25, 0.3) is 5.91 Å². The van der Waals surface area contributed by atoms with E-state index in [9.17, 15) is 27.6 Å². The number of benzene rings is 1. The normalized spacial score (nSPS) is 19.9. The first-order chi connectivity index (χ1) is 17.0. The topological polar surface area (TPSA) is 122 Å². The lowest BCUT2D eigenvalue weighted by Crippen LogP contribution is -2.52. The van der Waals surface area contributed by atoms with E-state index in [4.69, 9.17) is 21.5 Å². The molecule has 14 heteroatoms. The summed E-state index contributed by atoms with van der Waals surface area (Å²) in [7, 11) is 0. The summed E-state index contributed by atoms with van der Waals surface area (Å²) in [6, 6.07) is 5.02. The van der Waals surface area contributed by atoms with E-state index in [0.29, 0.717) is 22.3 Å². The highest BCUT2D eigenvalue weighted by atomic mass is 35.5. The van der Waals surface area contributed by atoms with E-state index in [2.05, 4.69) is 15.5 Å². The lowest BCUT2D eigenvalue weighted by atomic mass is 10.0. The molecule has 1 aromatic rings. The molecule has 3 aliphatic heterocycles. The third-order valence-corrected chi connectivity index (χ3v) is 6.52. The van der Waals surface area contributed by atoms with Crippen molar-refractivity contribution in [3.8, 4) is 0 Å². The minimum atomic E-state index is -5.08. The molecule has 0 spiro atoms. The Morgan fingerprint density at radius 2 is 1.64 bits per heavy atom. The number of alkyl halides is 3. The monoisotopic (exact) mass is 533 g/mol. The number of hydrogen-bond donors (Lipinski definition) is 3. The fourth-order valence-electron chi connectivity index (χ4n) is 4.31. The van der Waals surface area contributed by atoms with Crippen molar-refractivity contribution in [1.82, 2.24) is 20.4 Å². The molecule has 4 rings (SSSR count). The van der Waals surface area contributed by atoms with Crippen LogP contribution in [0.2, 0.25) is 5.02 Å². The third kappa shape index (κ3) is 7.08. The average Bonchev–Trinajstić information content (AvgIpc) is 2.85. The number of hydrogen-bond acceptors (Lipinski definition) is 6. The summed E-state index contributed by atoms with van der Waals surface area (Å²) in [5.41, 5.74) is 0.966. The van der Waals surface area contributed by atoms with Gasteiger partial charge in [-0.25, -0.2) is 9.59 Å². The lowest BCUT2D eigenvalue weighted by Gasteiger charge is -2.40. The molecule has 1 aromatic carbocycles. The summed E-state index contributed by atoms with van der Waals surface area (Å²) in [5.74, 6) is -3.11. The maximum atomic E-state index is 13.0. The summed E-state index contributed by atoms with van der Waals surface area (Å²) >= 11 is 6.28. The fraction of sp³-hybridized carbons (Fsp3) is 0.545. The molecule has 3 heterocycles. The summed E-state index contributed by atoms with van der Waals surface area (Å²) < 4.78 is 31.7. The number of nitrogens with one attached hydrogen (secondary N) is 2. The fourth-order valence-corrected chi connectivity index (χ4v) is 4.53. The Hall–Kier alpha value is -2.90. The first-order valence-electron chi connectivity index (χ1n) is 11.4. The smallest absolute Gasteiger partial charge is 0.475 e. The number of anilines is 1. The van der Waals surface area contributed by atoms with Crippen LogP contribution in [0.15, 0.2) is 18.2 Å². The molecule has 0 aromatic heterocycles. The van der Waals surface area contributed by atoms with Crippen LogP contribution in [0.25, 0.3) is 0 Å². The van der Waals surface area contributed by atoms with Gasteiger partial charge in [0, 0.05) is 63.8 Å². The van der Waals surface area contributed by atoms with Crippen LogP contribution >= 0.6 is 11.6 Å². The summed E-state index contributed by atoms with van der Waals surface area (Å²) in [6.45, 7) is 5.90. The number of imide groups is 1. The first-order valence-corrected chi connectivity index (χ1v) is 11.8. The van der Waals surface area contributed by atoms with E-state index in [0.717, 1.165) is 52.1 Å². The van der Waals surface area contributed by atoms with E-state index in [1.165, 1.54) is 4.90 Å². The van der Waals surface area contributed by atoms with Gasteiger partial charge >= 0.3 is 18.2 Å². The second-order valence-electron chi connectivity index (χ2n) is 8.53. The predicted octanol–water partition coefficient (Wildman–Crippen LogP) is 1.93. The SMILES string of the molecule is O=C(O)C(F)(F)F.O=C1CCN(c2cc(C(=O)N3CCC(N4CCNCC4)CC3)ccc2Cl)C(=O)N1. The van der Waals surface area contributed by atoms with Gasteiger partial charge in [-0.2, -0.15) is 13.2 Å². The van der Waals surface area contributed by atoms with Crippen LogP contribution in [0.1, 0.15) is 29.6 Å². The number of piperazine rings is 1. The molecule has 0 aliphatic carbocycles. The Labute approximate surface area is 210 Å². The Morgan fingerprint density at radius 3 is 2.19 bits per heavy atom. The number of carboxylic acids is 1. The highest BCUT2D eigenvalue weighted by Gasteiger charge is 2.38. The Bertz CT molecular complexity index is 995. The van der Waals surface area contributed by atoms with Crippen molar-refractivity contribution in [2.24, 2.45) is 0 Å². The van der Waals surface area contributed by atoms with Crippen LogP contribution in [-0.2, 0) is 9.59 Å². The van der Waals surface area contributed by atoms with Gasteiger partial charge in [-0.15, -0.1) is 0 Å². The predicted molar refractivity (Wildman–Crippen MR) is 124 cm³/mol. The maximum Gasteiger partial charge on any atom is 0.490 e. The zero-order valence-electron chi connectivity index (χ0n) is 19.3. The minimum Gasteiger partial charge on any atom is -0.475 e. The van der Waals surface area contributed by atoms with Crippen molar-refractivity contribution >= 4 is 41.1 Å². The number of carbonyl (C=O) groups is 4. The quantitative estimate of drug-likeness (QED) is 0.542. The van der Waals surface area contributed by atoms with Crippen LogP contribution in [0.4, 0.5) is 23.7 Å². The number of carboxylic acid groups (broad SMARTS) is 1.